The Labute approximate surface area is 194 Å². The van der Waals surface area contributed by atoms with Crippen LogP contribution in [0.2, 0.25) is 0 Å². The first-order valence-electron chi connectivity index (χ1n) is 13.6. The molecular weight excluding hydrogens is 384 g/mol. The largest absolute Gasteiger partial charge is 0.491 e. The molecule has 1 unspecified atom stereocenters. The lowest BCUT2D eigenvalue weighted by molar-refractivity contribution is 0.131. The predicted octanol–water partition coefficient (Wildman–Crippen LogP) is 6.97. The minimum atomic E-state index is -2.58. The van der Waals surface area contributed by atoms with Crippen molar-refractivity contribution in [2.75, 3.05) is 0 Å². The van der Waals surface area contributed by atoms with Crippen LogP contribution in [0.5, 0.6) is 11.5 Å². The average Bonchev–Trinajstić information content (AvgIpc) is 3.20. The van der Waals surface area contributed by atoms with Crippen molar-refractivity contribution < 1.29 is 19.1 Å². The standard InChI is InChI=1S/C27H30N2O2/c1-18(2)30-22-11-7-20(8-12-22)24-16-26-25(15-19(24)3)28-17-29(26)21-9-13-23(14-10-21)31-27(4,5)6/h7-18H,1-6H3/i1D3,4D3,18D. The molecule has 0 saturated heterocycles. The lowest BCUT2D eigenvalue weighted by Gasteiger charge is -2.21. The van der Waals surface area contributed by atoms with Crippen molar-refractivity contribution in [1.29, 1.82) is 0 Å². The highest BCUT2D eigenvalue weighted by Gasteiger charge is 2.13. The highest BCUT2D eigenvalue weighted by Crippen LogP contribution is 2.31. The minimum absolute atomic E-state index is 0.301. The van der Waals surface area contributed by atoms with E-state index in [1.807, 2.05) is 47.9 Å². The van der Waals surface area contributed by atoms with Crippen LogP contribution < -0.4 is 9.47 Å². The normalized spacial score (nSPS) is 17.9. The summed E-state index contributed by atoms with van der Waals surface area (Å²) in [5.41, 5.74) is 4.09. The van der Waals surface area contributed by atoms with E-state index in [0.717, 1.165) is 33.4 Å². The Morgan fingerprint density at radius 1 is 1.03 bits per heavy atom. The number of nitrogens with zero attached hydrogens (tertiary/aromatic N) is 2. The Hall–Kier alpha value is -3.27. The number of ether oxygens (including phenoxy) is 2. The van der Waals surface area contributed by atoms with Crippen LogP contribution in [0.3, 0.4) is 0 Å². The quantitative estimate of drug-likeness (QED) is 0.349. The SMILES string of the molecule is [2H]C([2H])([2H])C([2H])(C)Oc1ccc(-c2cc3c(cc2C)ncn3-c2ccc(OC(C)(C)C([2H])([2H])[2H])cc2)cc1. The first kappa shape index (κ1) is 13.9. The van der Waals surface area contributed by atoms with Crippen LogP contribution in [-0.4, -0.2) is 21.2 Å². The third-order valence-electron chi connectivity index (χ3n) is 4.82. The maximum Gasteiger partial charge on any atom is 0.120 e. The molecule has 4 nitrogen and oxygen atoms in total. The predicted molar refractivity (Wildman–Crippen MR) is 127 cm³/mol. The van der Waals surface area contributed by atoms with E-state index in [4.69, 9.17) is 19.1 Å². The molecule has 4 rings (SSSR count). The van der Waals surface area contributed by atoms with Gasteiger partial charge in [0.15, 0.2) is 0 Å². The van der Waals surface area contributed by atoms with Crippen molar-refractivity contribution in [3.05, 3.63) is 72.6 Å². The Morgan fingerprint density at radius 2 is 1.74 bits per heavy atom. The molecule has 1 atom stereocenters. The topological polar surface area (TPSA) is 36.3 Å². The zero-order chi connectivity index (χ0) is 28.1. The van der Waals surface area contributed by atoms with Crippen LogP contribution in [0.25, 0.3) is 27.8 Å². The summed E-state index contributed by atoms with van der Waals surface area (Å²) in [6.07, 6.45) is -0.324. The van der Waals surface area contributed by atoms with Crippen LogP contribution in [0.1, 0.15) is 49.6 Å². The molecule has 0 aliphatic carbocycles. The van der Waals surface area contributed by atoms with Crippen LogP contribution in [0.15, 0.2) is 67.0 Å². The highest BCUT2D eigenvalue weighted by atomic mass is 16.5. The van der Waals surface area contributed by atoms with Gasteiger partial charge in [-0.15, -0.1) is 0 Å². The van der Waals surface area contributed by atoms with Gasteiger partial charge < -0.3 is 9.47 Å². The van der Waals surface area contributed by atoms with Gasteiger partial charge in [0.05, 0.1) is 18.5 Å². The molecule has 4 aromatic rings. The zero-order valence-corrected chi connectivity index (χ0v) is 18.1. The number of hydrogen-bond donors (Lipinski definition) is 0. The monoisotopic (exact) mass is 421 g/mol. The van der Waals surface area contributed by atoms with Crippen molar-refractivity contribution >= 4 is 11.0 Å². The van der Waals surface area contributed by atoms with Gasteiger partial charge in [-0.1, -0.05) is 12.1 Å². The summed E-state index contributed by atoms with van der Waals surface area (Å²) in [4.78, 5) is 4.55. The third-order valence-corrected chi connectivity index (χ3v) is 4.82. The lowest BCUT2D eigenvalue weighted by atomic mass is 9.99. The Bertz CT molecular complexity index is 1440. The molecule has 1 aromatic heterocycles. The molecule has 0 fully saturated rings. The molecule has 0 aliphatic heterocycles. The molecule has 31 heavy (non-hydrogen) atoms. The molecular formula is C27H30N2O2. The smallest absolute Gasteiger partial charge is 0.120 e. The second-order valence-electron chi connectivity index (χ2n) is 8.06. The van der Waals surface area contributed by atoms with E-state index in [-0.39, 0.29) is 0 Å². The summed E-state index contributed by atoms with van der Waals surface area (Å²) in [6.45, 7) is 1.45. The lowest BCUT2D eigenvalue weighted by Crippen LogP contribution is -2.22. The van der Waals surface area contributed by atoms with Gasteiger partial charge in [-0.3, -0.25) is 4.57 Å². The van der Waals surface area contributed by atoms with Crippen LogP contribution >= 0.6 is 0 Å². The summed E-state index contributed by atoms with van der Waals surface area (Å²) < 4.78 is 66.6. The van der Waals surface area contributed by atoms with E-state index in [1.165, 1.54) is 6.92 Å². The fraction of sp³-hybridized carbons (Fsp3) is 0.296. The van der Waals surface area contributed by atoms with Crippen LogP contribution in [0, 0.1) is 6.92 Å². The number of aromatic nitrogens is 2. The van der Waals surface area contributed by atoms with Crippen molar-refractivity contribution in [2.45, 2.75) is 53.1 Å². The Kier molecular flexibility index (Phi) is 3.64. The van der Waals surface area contributed by atoms with Crippen molar-refractivity contribution in [3.63, 3.8) is 0 Å². The number of hydrogen-bond acceptors (Lipinski definition) is 3. The average molecular weight is 422 g/mol. The van der Waals surface area contributed by atoms with Crippen LogP contribution in [0.4, 0.5) is 0 Å². The molecule has 4 heteroatoms. The van der Waals surface area contributed by atoms with E-state index < -0.39 is 25.4 Å². The van der Waals surface area contributed by atoms with E-state index in [2.05, 4.69) is 4.98 Å². The van der Waals surface area contributed by atoms with Crippen molar-refractivity contribution in [2.24, 2.45) is 0 Å². The number of rotatable bonds is 5. The number of imidazole rings is 1. The summed E-state index contributed by atoms with van der Waals surface area (Å²) in [7, 11) is 0. The van der Waals surface area contributed by atoms with Gasteiger partial charge in [-0.2, -0.15) is 0 Å². The summed E-state index contributed by atoms with van der Waals surface area (Å²) in [5.74, 6) is 0.760. The van der Waals surface area contributed by atoms with Gasteiger partial charge >= 0.3 is 0 Å². The fourth-order valence-electron chi connectivity index (χ4n) is 3.53. The van der Waals surface area contributed by atoms with Gasteiger partial charge in [0.1, 0.15) is 23.4 Å². The molecule has 0 spiro atoms. The molecule has 1 heterocycles. The highest BCUT2D eigenvalue weighted by molar-refractivity contribution is 5.85. The van der Waals surface area contributed by atoms with Crippen LogP contribution in [-0.2, 0) is 0 Å². The minimum Gasteiger partial charge on any atom is -0.491 e. The maximum atomic E-state index is 8.00. The molecule has 0 radical (unpaired) electrons. The summed E-state index contributed by atoms with van der Waals surface area (Å²) >= 11 is 0. The van der Waals surface area contributed by atoms with E-state index in [0.29, 0.717) is 11.5 Å². The molecule has 160 valence electrons. The number of fused-ring (bicyclic) bond motifs is 1. The van der Waals surface area contributed by atoms with E-state index in [1.54, 1.807) is 44.4 Å². The maximum absolute atomic E-state index is 8.00. The van der Waals surface area contributed by atoms with Crippen molar-refractivity contribution in [1.82, 2.24) is 9.55 Å². The third kappa shape index (κ3) is 4.74. The summed E-state index contributed by atoms with van der Waals surface area (Å²) in [6, 6.07) is 18.2. The molecule has 0 bridgehead atoms. The summed E-state index contributed by atoms with van der Waals surface area (Å²) in [5, 5.41) is 0. The molecule has 3 aromatic carbocycles. The molecule has 0 aliphatic rings. The van der Waals surface area contributed by atoms with E-state index in [9.17, 15) is 0 Å². The second kappa shape index (κ2) is 8.10. The second-order valence-corrected chi connectivity index (χ2v) is 8.06. The first-order valence-corrected chi connectivity index (χ1v) is 10.1. The Morgan fingerprint density at radius 3 is 2.42 bits per heavy atom. The van der Waals surface area contributed by atoms with Gasteiger partial charge in [0.2, 0.25) is 0 Å². The zero-order valence-electron chi connectivity index (χ0n) is 25.1. The van der Waals surface area contributed by atoms with Crippen molar-refractivity contribution in [3.8, 4) is 28.3 Å². The number of benzene rings is 3. The first-order chi connectivity index (χ1) is 17.5. The van der Waals surface area contributed by atoms with E-state index >= 15 is 0 Å². The molecule has 0 saturated carbocycles. The van der Waals surface area contributed by atoms with Gasteiger partial charge in [-0.25, -0.2) is 4.98 Å². The van der Waals surface area contributed by atoms with Gasteiger partial charge in [0.25, 0.3) is 0 Å². The fourth-order valence-corrected chi connectivity index (χ4v) is 3.53. The molecule has 0 amide bonds. The van der Waals surface area contributed by atoms with Gasteiger partial charge in [-0.05, 0) is 107 Å². The Balaban J connectivity index is 1.63. The molecule has 0 N–H and O–H groups in total. The number of aryl methyl sites for hydroxylation is 1. The van der Waals surface area contributed by atoms with Gasteiger partial charge in [0, 0.05) is 13.9 Å².